The topological polar surface area (TPSA) is 68.2 Å². The van der Waals surface area contributed by atoms with Crippen molar-refractivity contribution in [1.29, 1.82) is 0 Å². The predicted molar refractivity (Wildman–Crippen MR) is 106 cm³/mol. The van der Waals surface area contributed by atoms with Gasteiger partial charge < -0.3 is 9.47 Å². The molecule has 28 heavy (non-hydrogen) atoms. The van der Waals surface area contributed by atoms with Gasteiger partial charge in [0.15, 0.2) is 11.5 Å². The van der Waals surface area contributed by atoms with Gasteiger partial charge in [0.25, 0.3) is 11.8 Å². The first-order valence-electron chi connectivity index (χ1n) is 9.65. The summed E-state index contributed by atoms with van der Waals surface area (Å²) in [6, 6.07) is 3.61. The molecule has 1 heterocycles. The van der Waals surface area contributed by atoms with E-state index in [4.69, 9.17) is 9.47 Å². The normalized spacial score (nSPS) is 34.8. The molecule has 3 fully saturated rings. The van der Waals surface area contributed by atoms with Crippen LogP contribution >= 0.6 is 15.9 Å². The Kier molecular flexibility index (Phi) is 4.12. The van der Waals surface area contributed by atoms with Crippen LogP contribution in [0.25, 0.3) is 0 Å². The Morgan fingerprint density at radius 1 is 1.18 bits per heavy atom. The Hall–Kier alpha value is -2.15. The van der Waals surface area contributed by atoms with E-state index in [-0.39, 0.29) is 35.5 Å². The van der Waals surface area contributed by atoms with E-state index in [0.29, 0.717) is 29.9 Å². The van der Waals surface area contributed by atoms with Crippen molar-refractivity contribution < 1.29 is 19.1 Å². The van der Waals surface area contributed by atoms with E-state index in [1.165, 1.54) is 6.21 Å². The second-order valence-electron chi connectivity index (χ2n) is 7.85. The van der Waals surface area contributed by atoms with E-state index in [0.717, 1.165) is 21.5 Å². The van der Waals surface area contributed by atoms with Crippen LogP contribution in [-0.4, -0.2) is 36.8 Å². The van der Waals surface area contributed by atoms with Crippen molar-refractivity contribution in [2.45, 2.75) is 13.3 Å². The van der Waals surface area contributed by atoms with Crippen molar-refractivity contribution in [2.75, 3.05) is 13.7 Å². The van der Waals surface area contributed by atoms with E-state index in [1.807, 2.05) is 13.0 Å². The molecule has 146 valence electrons. The SMILES string of the molecule is CCOc1cc(C=NN2C(=O)[C@@H]3[C@H]4C=C[C@@H]([C@@H]5C[C@@H]45)[C@H]3C2=O)cc(Br)c1OC. The quantitative estimate of drug-likeness (QED) is 0.397. The maximum atomic E-state index is 13.0. The second kappa shape index (κ2) is 6.44. The zero-order valence-electron chi connectivity index (χ0n) is 15.7. The summed E-state index contributed by atoms with van der Waals surface area (Å²) in [5.74, 6) is 1.98. The van der Waals surface area contributed by atoms with Crippen LogP contribution in [0.3, 0.4) is 0 Å². The van der Waals surface area contributed by atoms with Crippen LogP contribution < -0.4 is 9.47 Å². The Morgan fingerprint density at radius 3 is 2.39 bits per heavy atom. The van der Waals surface area contributed by atoms with Gasteiger partial charge in [-0.2, -0.15) is 10.1 Å². The first kappa shape index (κ1) is 17.9. The number of ether oxygens (including phenoxy) is 2. The summed E-state index contributed by atoms with van der Waals surface area (Å²) in [7, 11) is 1.58. The number of nitrogens with zero attached hydrogens (tertiary/aromatic N) is 2. The zero-order chi connectivity index (χ0) is 19.6. The van der Waals surface area contributed by atoms with Crippen molar-refractivity contribution in [2.24, 2.45) is 40.6 Å². The molecule has 0 spiro atoms. The van der Waals surface area contributed by atoms with Gasteiger partial charge in [-0.05, 0) is 70.6 Å². The molecule has 6 atom stereocenters. The van der Waals surface area contributed by atoms with Crippen molar-refractivity contribution >= 4 is 34.0 Å². The van der Waals surface area contributed by atoms with E-state index in [9.17, 15) is 9.59 Å². The highest BCUT2D eigenvalue weighted by Crippen LogP contribution is 2.65. The molecule has 2 saturated carbocycles. The van der Waals surface area contributed by atoms with Crippen LogP contribution in [0.4, 0.5) is 0 Å². The molecule has 5 aliphatic rings. The van der Waals surface area contributed by atoms with E-state index in [1.54, 1.807) is 13.2 Å². The Labute approximate surface area is 171 Å². The minimum Gasteiger partial charge on any atom is -0.492 e. The summed E-state index contributed by atoms with van der Waals surface area (Å²) < 4.78 is 11.7. The van der Waals surface area contributed by atoms with Gasteiger partial charge in [-0.1, -0.05) is 12.2 Å². The predicted octanol–water partition coefficient (Wildman–Crippen LogP) is 3.24. The van der Waals surface area contributed by atoms with Gasteiger partial charge in [-0.25, -0.2) is 0 Å². The van der Waals surface area contributed by atoms with Gasteiger partial charge in [0.2, 0.25) is 0 Å². The van der Waals surface area contributed by atoms with Crippen LogP contribution in [0, 0.1) is 35.5 Å². The van der Waals surface area contributed by atoms with Crippen molar-refractivity contribution in [3.05, 3.63) is 34.3 Å². The molecule has 0 unspecified atom stereocenters. The lowest BCUT2D eigenvalue weighted by atomic mass is 9.63. The number of imide groups is 1. The number of halogens is 1. The molecule has 1 saturated heterocycles. The zero-order valence-corrected chi connectivity index (χ0v) is 17.3. The number of benzene rings is 1. The number of amides is 2. The number of methoxy groups -OCH3 is 1. The van der Waals surface area contributed by atoms with Gasteiger partial charge in [-0.3, -0.25) is 9.59 Å². The van der Waals surface area contributed by atoms with Crippen molar-refractivity contribution in [1.82, 2.24) is 5.01 Å². The highest BCUT2D eigenvalue weighted by atomic mass is 79.9. The summed E-state index contributed by atoms with van der Waals surface area (Å²) in [5.41, 5.74) is 0.718. The number of hydrogen-bond donors (Lipinski definition) is 0. The highest BCUT2D eigenvalue weighted by molar-refractivity contribution is 9.10. The van der Waals surface area contributed by atoms with Crippen LogP contribution in [0.15, 0.2) is 33.9 Å². The number of carbonyl (C=O) groups is 2. The van der Waals surface area contributed by atoms with Crippen molar-refractivity contribution in [3.8, 4) is 11.5 Å². The smallest absolute Gasteiger partial charge is 0.254 e. The molecular formula is C21H21BrN2O4. The third kappa shape index (κ3) is 2.48. The minimum atomic E-state index is -0.231. The molecule has 0 aromatic heterocycles. The van der Waals surface area contributed by atoms with E-state index in [2.05, 4.69) is 33.2 Å². The average molecular weight is 445 g/mol. The maximum Gasteiger partial charge on any atom is 0.254 e. The highest BCUT2D eigenvalue weighted by Gasteiger charge is 2.67. The second-order valence-corrected chi connectivity index (χ2v) is 8.71. The number of allylic oxidation sites excluding steroid dienone is 2. The first-order chi connectivity index (χ1) is 13.5. The molecule has 2 amide bonds. The third-order valence-corrected chi connectivity index (χ3v) is 7.09. The number of hydrogen-bond acceptors (Lipinski definition) is 5. The molecule has 0 N–H and O–H groups in total. The van der Waals surface area contributed by atoms with Gasteiger partial charge in [0, 0.05) is 0 Å². The largest absolute Gasteiger partial charge is 0.492 e. The van der Waals surface area contributed by atoms with Crippen LogP contribution in [-0.2, 0) is 9.59 Å². The minimum absolute atomic E-state index is 0.159. The Morgan fingerprint density at radius 2 is 1.82 bits per heavy atom. The average Bonchev–Trinajstić information content (AvgIpc) is 3.46. The van der Waals surface area contributed by atoms with Gasteiger partial charge in [0.1, 0.15) is 0 Å². The molecule has 1 aromatic rings. The maximum absolute atomic E-state index is 13.0. The van der Waals surface area contributed by atoms with Gasteiger partial charge in [0.05, 0.1) is 36.2 Å². The summed E-state index contributed by atoms with van der Waals surface area (Å²) >= 11 is 3.47. The number of carbonyl (C=O) groups excluding carboxylic acids is 2. The molecular weight excluding hydrogens is 424 g/mol. The molecule has 1 aliphatic heterocycles. The van der Waals surface area contributed by atoms with E-state index >= 15 is 0 Å². The van der Waals surface area contributed by atoms with Crippen LogP contribution in [0.5, 0.6) is 11.5 Å². The Bertz CT molecular complexity index is 891. The lowest BCUT2D eigenvalue weighted by Gasteiger charge is -2.37. The number of hydrazone groups is 1. The van der Waals surface area contributed by atoms with Gasteiger partial charge >= 0.3 is 0 Å². The molecule has 6 rings (SSSR count). The molecule has 4 aliphatic carbocycles. The summed E-state index contributed by atoms with van der Waals surface area (Å²) in [5, 5.41) is 5.37. The fraction of sp³-hybridized carbons (Fsp3) is 0.476. The Balaban J connectivity index is 1.42. The standard InChI is InChI=1S/C21H21BrN2O4/c1-3-28-16-7-10(6-15(22)19(16)27-2)9-23-24-20(25)17-11-4-5-12(14-8-13(11)14)18(17)21(24)26/h4-7,9,11-14,17-18H,3,8H2,1-2H3/t11-,12-,13-,14-,17+,18+/m0/s1. The van der Waals surface area contributed by atoms with Gasteiger partial charge in [-0.15, -0.1) is 0 Å². The van der Waals surface area contributed by atoms with Crippen LogP contribution in [0.1, 0.15) is 18.9 Å². The molecule has 6 nitrogen and oxygen atoms in total. The molecule has 7 heteroatoms. The lowest BCUT2D eigenvalue weighted by molar-refractivity contribution is -0.140. The first-order valence-corrected chi connectivity index (χ1v) is 10.4. The summed E-state index contributed by atoms with van der Waals surface area (Å²) in [6.45, 7) is 2.39. The van der Waals surface area contributed by atoms with E-state index < -0.39 is 0 Å². The molecule has 1 aromatic carbocycles. The monoisotopic (exact) mass is 444 g/mol. The van der Waals surface area contributed by atoms with Crippen LogP contribution in [0.2, 0.25) is 0 Å². The fourth-order valence-corrected chi connectivity index (χ4v) is 5.92. The number of rotatable bonds is 5. The van der Waals surface area contributed by atoms with Crippen molar-refractivity contribution in [3.63, 3.8) is 0 Å². The molecule has 0 radical (unpaired) electrons. The summed E-state index contributed by atoms with van der Waals surface area (Å²) in [4.78, 5) is 25.9. The lowest BCUT2D eigenvalue weighted by Crippen LogP contribution is -2.40. The molecule has 2 bridgehead atoms. The summed E-state index contributed by atoms with van der Waals surface area (Å²) in [6.07, 6.45) is 7.01. The third-order valence-electron chi connectivity index (χ3n) is 6.50. The fourth-order valence-electron chi connectivity index (χ4n) is 5.30.